The SMILES string of the molecule is COc1ccc(S(=O)(=O)N(CC(=O)Nc2nnc(SC(C)C)s2)c2ccccc2)cc1. The van der Waals surface area contributed by atoms with Gasteiger partial charge in [0.1, 0.15) is 12.3 Å². The third-order valence-corrected chi connectivity index (χ3v) is 7.68. The van der Waals surface area contributed by atoms with Gasteiger partial charge in [0.2, 0.25) is 11.0 Å². The van der Waals surface area contributed by atoms with Gasteiger partial charge >= 0.3 is 0 Å². The highest BCUT2D eigenvalue weighted by Crippen LogP contribution is 2.29. The standard InChI is InChI=1S/C20H22N4O4S3/c1-14(2)29-20-23-22-19(30-20)21-18(25)13-24(15-7-5-4-6-8-15)31(26,27)17-11-9-16(28-3)10-12-17/h4-12,14H,13H2,1-3H3,(H,21,22,25). The highest BCUT2D eigenvalue weighted by Gasteiger charge is 2.27. The molecule has 1 aromatic heterocycles. The molecule has 1 N–H and O–H groups in total. The van der Waals surface area contributed by atoms with E-state index in [0.717, 1.165) is 8.64 Å². The van der Waals surface area contributed by atoms with Crippen molar-refractivity contribution in [1.82, 2.24) is 10.2 Å². The quantitative estimate of drug-likeness (QED) is 0.368. The van der Waals surface area contributed by atoms with Crippen LogP contribution >= 0.6 is 23.1 Å². The summed E-state index contributed by atoms with van der Waals surface area (Å²) in [5.41, 5.74) is 0.377. The second kappa shape index (κ2) is 10.1. The zero-order valence-electron chi connectivity index (χ0n) is 17.2. The first kappa shape index (κ1) is 23.0. The average molecular weight is 479 g/mol. The Bertz CT molecular complexity index is 1120. The predicted octanol–water partition coefficient (Wildman–Crippen LogP) is 3.88. The summed E-state index contributed by atoms with van der Waals surface area (Å²) in [4.78, 5) is 12.8. The number of ether oxygens (including phenoxy) is 1. The van der Waals surface area contributed by atoms with Crippen LogP contribution in [-0.4, -0.2) is 43.4 Å². The lowest BCUT2D eigenvalue weighted by atomic mass is 10.3. The van der Waals surface area contributed by atoms with Gasteiger partial charge in [-0.15, -0.1) is 10.2 Å². The summed E-state index contributed by atoms with van der Waals surface area (Å²) in [6.07, 6.45) is 0. The smallest absolute Gasteiger partial charge is 0.264 e. The highest BCUT2D eigenvalue weighted by atomic mass is 32.2. The lowest BCUT2D eigenvalue weighted by Crippen LogP contribution is -2.38. The predicted molar refractivity (Wildman–Crippen MR) is 123 cm³/mol. The molecule has 0 atom stereocenters. The molecule has 0 bridgehead atoms. The molecule has 11 heteroatoms. The monoisotopic (exact) mass is 478 g/mol. The summed E-state index contributed by atoms with van der Waals surface area (Å²) in [5.74, 6) is 0.0208. The summed E-state index contributed by atoms with van der Waals surface area (Å²) < 4.78 is 33.5. The van der Waals surface area contributed by atoms with Gasteiger partial charge in [0.15, 0.2) is 4.34 Å². The van der Waals surface area contributed by atoms with E-state index in [2.05, 4.69) is 15.5 Å². The molecule has 3 aromatic rings. The van der Waals surface area contributed by atoms with Crippen LogP contribution in [0.5, 0.6) is 5.75 Å². The van der Waals surface area contributed by atoms with E-state index in [1.54, 1.807) is 42.5 Å². The minimum atomic E-state index is -4.00. The Kier molecular flexibility index (Phi) is 7.52. The molecule has 2 aromatic carbocycles. The number of amides is 1. The highest BCUT2D eigenvalue weighted by molar-refractivity contribution is 8.01. The fourth-order valence-electron chi connectivity index (χ4n) is 2.58. The van der Waals surface area contributed by atoms with Gasteiger partial charge in [0.25, 0.3) is 10.0 Å². The van der Waals surface area contributed by atoms with E-state index in [9.17, 15) is 13.2 Å². The number of aromatic nitrogens is 2. The number of hydrogen-bond donors (Lipinski definition) is 1. The van der Waals surface area contributed by atoms with Crippen molar-refractivity contribution < 1.29 is 17.9 Å². The molecule has 0 fully saturated rings. The summed E-state index contributed by atoms with van der Waals surface area (Å²) >= 11 is 2.79. The molecule has 0 aliphatic rings. The Morgan fingerprint density at radius 2 is 1.81 bits per heavy atom. The maximum Gasteiger partial charge on any atom is 0.264 e. The number of nitrogens with one attached hydrogen (secondary N) is 1. The molecule has 0 spiro atoms. The molecule has 164 valence electrons. The Labute approximate surface area is 189 Å². The molecule has 31 heavy (non-hydrogen) atoms. The number of sulfonamides is 1. The minimum absolute atomic E-state index is 0.0523. The second-order valence-electron chi connectivity index (χ2n) is 6.61. The van der Waals surface area contributed by atoms with Gasteiger partial charge in [-0.3, -0.25) is 14.4 Å². The normalized spacial score (nSPS) is 11.4. The number of rotatable bonds is 9. The number of carbonyl (C=O) groups is 1. The molecule has 0 aliphatic heterocycles. The number of thioether (sulfide) groups is 1. The van der Waals surface area contributed by atoms with Crippen molar-refractivity contribution in [2.75, 3.05) is 23.3 Å². The van der Waals surface area contributed by atoms with Crippen molar-refractivity contribution in [1.29, 1.82) is 0 Å². The number of para-hydroxylation sites is 1. The number of carbonyl (C=O) groups excluding carboxylic acids is 1. The van der Waals surface area contributed by atoms with Gasteiger partial charge in [-0.1, -0.05) is 55.1 Å². The number of benzene rings is 2. The zero-order valence-corrected chi connectivity index (χ0v) is 19.6. The molecule has 0 aliphatic carbocycles. The molecule has 0 saturated carbocycles. The Balaban J connectivity index is 1.84. The van der Waals surface area contributed by atoms with Crippen LogP contribution in [0.4, 0.5) is 10.8 Å². The van der Waals surface area contributed by atoms with E-state index in [1.165, 1.54) is 42.3 Å². The lowest BCUT2D eigenvalue weighted by Gasteiger charge is -2.23. The number of anilines is 2. The van der Waals surface area contributed by atoms with Crippen LogP contribution in [-0.2, 0) is 14.8 Å². The molecule has 3 rings (SSSR count). The largest absolute Gasteiger partial charge is 0.497 e. The van der Waals surface area contributed by atoms with Crippen LogP contribution in [0.3, 0.4) is 0 Å². The lowest BCUT2D eigenvalue weighted by molar-refractivity contribution is -0.114. The molecule has 0 saturated heterocycles. The van der Waals surface area contributed by atoms with Crippen LogP contribution in [0.2, 0.25) is 0 Å². The van der Waals surface area contributed by atoms with Crippen molar-refractivity contribution in [3.8, 4) is 5.75 Å². The van der Waals surface area contributed by atoms with Crippen molar-refractivity contribution in [3.63, 3.8) is 0 Å². The molecule has 1 heterocycles. The van der Waals surface area contributed by atoms with Crippen molar-refractivity contribution >= 4 is 49.8 Å². The first-order valence-electron chi connectivity index (χ1n) is 9.31. The molecule has 8 nitrogen and oxygen atoms in total. The van der Waals surface area contributed by atoms with Gasteiger partial charge in [-0.25, -0.2) is 8.42 Å². The van der Waals surface area contributed by atoms with E-state index in [4.69, 9.17) is 4.74 Å². The van der Waals surface area contributed by atoms with Crippen LogP contribution < -0.4 is 14.4 Å². The van der Waals surface area contributed by atoms with Gasteiger partial charge in [-0.05, 0) is 36.4 Å². The van der Waals surface area contributed by atoms with Crippen molar-refractivity contribution in [2.45, 2.75) is 28.3 Å². The molecule has 1 amide bonds. The van der Waals surface area contributed by atoms with E-state index in [-0.39, 0.29) is 4.90 Å². The zero-order chi connectivity index (χ0) is 22.4. The van der Waals surface area contributed by atoms with E-state index < -0.39 is 22.5 Å². The number of hydrogen-bond acceptors (Lipinski definition) is 8. The number of nitrogens with zero attached hydrogens (tertiary/aromatic N) is 3. The van der Waals surface area contributed by atoms with E-state index in [1.807, 2.05) is 13.8 Å². The fourth-order valence-corrected chi connectivity index (χ4v) is 6.00. The van der Waals surface area contributed by atoms with E-state index >= 15 is 0 Å². The average Bonchev–Trinajstić information content (AvgIpc) is 3.18. The van der Waals surface area contributed by atoms with Crippen LogP contribution in [0.15, 0.2) is 63.8 Å². The van der Waals surface area contributed by atoms with Gasteiger partial charge in [0, 0.05) is 5.25 Å². The summed E-state index contributed by atoms with van der Waals surface area (Å²) in [7, 11) is -2.49. The molecular formula is C20H22N4O4S3. The summed E-state index contributed by atoms with van der Waals surface area (Å²) in [6, 6.07) is 14.5. The number of methoxy groups -OCH3 is 1. The first-order valence-corrected chi connectivity index (χ1v) is 12.4. The van der Waals surface area contributed by atoms with E-state index in [0.29, 0.717) is 21.8 Å². The molecule has 0 radical (unpaired) electrons. The third-order valence-electron chi connectivity index (χ3n) is 3.97. The Hall–Kier alpha value is -2.63. The maximum absolute atomic E-state index is 13.3. The molecular weight excluding hydrogens is 456 g/mol. The van der Waals surface area contributed by atoms with Crippen LogP contribution in [0.25, 0.3) is 0 Å². The Morgan fingerprint density at radius 3 is 2.42 bits per heavy atom. The Morgan fingerprint density at radius 1 is 1.13 bits per heavy atom. The van der Waals surface area contributed by atoms with Crippen LogP contribution in [0, 0.1) is 0 Å². The van der Waals surface area contributed by atoms with Gasteiger partial charge in [-0.2, -0.15) is 0 Å². The first-order chi connectivity index (χ1) is 14.8. The van der Waals surface area contributed by atoms with Gasteiger partial charge in [0.05, 0.1) is 17.7 Å². The maximum atomic E-state index is 13.3. The second-order valence-corrected chi connectivity index (χ2v) is 11.3. The molecule has 0 unspecified atom stereocenters. The summed E-state index contributed by atoms with van der Waals surface area (Å²) in [5, 5.41) is 11.3. The van der Waals surface area contributed by atoms with Gasteiger partial charge < -0.3 is 4.74 Å². The van der Waals surface area contributed by atoms with Crippen LogP contribution in [0.1, 0.15) is 13.8 Å². The summed E-state index contributed by atoms with van der Waals surface area (Å²) in [6.45, 7) is 3.66. The topological polar surface area (TPSA) is 101 Å². The third kappa shape index (κ3) is 5.96. The fraction of sp³-hybridized carbons (Fsp3) is 0.250. The van der Waals surface area contributed by atoms with Crippen molar-refractivity contribution in [2.24, 2.45) is 0 Å². The van der Waals surface area contributed by atoms with Crippen molar-refractivity contribution in [3.05, 3.63) is 54.6 Å². The minimum Gasteiger partial charge on any atom is -0.497 e.